The fraction of sp³-hybridized carbons (Fsp3) is 0.500. The van der Waals surface area contributed by atoms with Gasteiger partial charge in [-0.05, 0) is 6.66 Å². The average molecular weight is 272 g/mol. The Kier molecular flexibility index (Phi) is 6.09. The standard InChI is InChI=1S/C4H6Cl3OPS2/c1-9(10,11)8-2-3(5)4(6)7/h2H2,1H3,(H,10,11). The molecule has 0 fully saturated rings. The molecular weight excluding hydrogens is 266 g/mol. The molecule has 7 heteroatoms. The fourth-order valence-corrected chi connectivity index (χ4v) is 1.17. The van der Waals surface area contributed by atoms with Gasteiger partial charge in [-0.25, -0.2) is 0 Å². The molecule has 66 valence electrons. The molecule has 0 radical (unpaired) electrons. The SMILES string of the molecule is CP(=S)(S)OCC(Cl)=C(Cl)Cl. The minimum Gasteiger partial charge on any atom is -0.336 e. The molecule has 1 nitrogen and oxygen atoms in total. The van der Waals surface area contributed by atoms with Gasteiger partial charge in [0.2, 0.25) is 0 Å². The molecule has 0 aliphatic heterocycles. The topological polar surface area (TPSA) is 9.23 Å². The molecule has 0 bridgehead atoms. The summed E-state index contributed by atoms with van der Waals surface area (Å²) in [6, 6.07) is 0. The van der Waals surface area contributed by atoms with Crippen LogP contribution >= 0.6 is 52.5 Å². The van der Waals surface area contributed by atoms with Crippen LogP contribution in [0.2, 0.25) is 0 Å². The first-order valence-corrected chi connectivity index (χ1v) is 7.93. The lowest BCUT2D eigenvalue weighted by molar-refractivity contribution is 0.410. The number of hydrogen-bond acceptors (Lipinski definition) is 2. The van der Waals surface area contributed by atoms with Crippen molar-refractivity contribution in [2.75, 3.05) is 13.3 Å². The number of hydrogen-bond donors (Lipinski definition) is 1. The highest BCUT2D eigenvalue weighted by atomic mass is 35.5. The lowest BCUT2D eigenvalue weighted by atomic mass is 10.7. The Bertz CT molecular complexity index is 207. The maximum atomic E-state index is 5.55. The first kappa shape index (κ1) is 12.6. The predicted octanol–water partition coefficient (Wildman–Crippen LogP) is 3.76. The molecular formula is C4H6Cl3OPS2. The summed E-state index contributed by atoms with van der Waals surface area (Å²) in [5, 5.41) is 0.249. The molecule has 0 saturated heterocycles. The van der Waals surface area contributed by atoms with E-state index in [0.717, 1.165) is 0 Å². The third-order valence-corrected chi connectivity index (χ3v) is 2.85. The van der Waals surface area contributed by atoms with Crippen LogP contribution in [-0.4, -0.2) is 13.3 Å². The maximum Gasteiger partial charge on any atom is 0.123 e. The van der Waals surface area contributed by atoms with Crippen LogP contribution in [-0.2, 0) is 16.3 Å². The van der Waals surface area contributed by atoms with Crippen LogP contribution in [0.5, 0.6) is 0 Å². The van der Waals surface area contributed by atoms with Crippen LogP contribution in [0.4, 0.5) is 0 Å². The van der Waals surface area contributed by atoms with E-state index in [2.05, 4.69) is 12.2 Å². The van der Waals surface area contributed by atoms with Gasteiger partial charge in [-0.15, -0.1) is 12.2 Å². The summed E-state index contributed by atoms with van der Waals surface area (Å²) in [7, 11) is 0. The van der Waals surface area contributed by atoms with Gasteiger partial charge in [0.15, 0.2) is 0 Å². The monoisotopic (exact) mass is 270 g/mol. The van der Waals surface area contributed by atoms with E-state index in [0.29, 0.717) is 0 Å². The maximum absolute atomic E-state index is 5.55. The average Bonchev–Trinajstić information content (AvgIpc) is 1.80. The fourth-order valence-electron chi connectivity index (χ4n) is 0.231. The second kappa shape index (κ2) is 5.33. The molecule has 0 aliphatic carbocycles. The summed E-state index contributed by atoms with van der Waals surface area (Å²) in [5.74, 6) is 0. The second-order valence-corrected chi connectivity index (χ2v) is 10.2. The minimum absolute atomic E-state index is 0.00319. The van der Waals surface area contributed by atoms with Crippen LogP contribution in [0.3, 0.4) is 0 Å². The summed E-state index contributed by atoms with van der Waals surface area (Å²) in [4.78, 5) is 0. The Hall–Kier alpha value is 1.57. The zero-order valence-electron chi connectivity index (χ0n) is 5.55. The molecule has 0 saturated carbocycles. The van der Waals surface area contributed by atoms with Crippen molar-refractivity contribution in [1.29, 1.82) is 0 Å². The van der Waals surface area contributed by atoms with Crippen molar-refractivity contribution < 1.29 is 4.52 Å². The molecule has 0 N–H and O–H groups in total. The van der Waals surface area contributed by atoms with E-state index in [1.807, 2.05) is 0 Å². The molecule has 0 aromatic rings. The van der Waals surface area contributed by atoms with Crippen molar-refractivity contribution in [3.8, 4) is 0 Å². The van der Waals surface area contributed by atoms with Gasteiger partial charge in [-0.1, -0.05) is 46.6 Å². The van der Waals surface area contributed by atoms with Gasteiger partial charge in [0.25, 0.3) is 0 Å². The highest BCUT2D eigenvalue weighted by molar-refractivity contribution is 8.61. The molecule has 1 unspecified atom stereocenters. The zero-order chi connectivity index (χ0) is 9.07. The van der Waals surface area contributed by atoms with Crippen molar-refractivity contribution in [3.05, 3.63) is 9.52 Å². The largest absolute Gasteiger partial charge is 0.336 e. The van der Waals surface area contributed by atoms with Gasteiger partial charge in [0, 0.05) is 0 Å². The first-order chi connectivity index (χ1) is 4.83. The van der Waals surface area contributed by atoms with Gasteiger partial charge in [-0.3, -0.25) is 0 Å². The zero-order valence-corrected chi connectivity index (χ0v) is 10.4. The Labute approximate surface area is 91.3 Å². The minimum atomic E-state index is -1.97. The van der Waals surface area contributed by atoms with Gasteiger partial charge in [-0.2, -0.15) is 0 Å². The van der Waals surface area contributed by atoms with Gasteiger partial charge >= 0.3 is 0 Å². The Morgan fingerprint density at radius 1 is 1.55 bits per heavy atom. The molecule has 0 aromatic carbocycles. The second-order valence-electron chi connectivity index (χ2n) is 1.74. The van der Waals surface area contributed by atoms with Crippen molar-refractivity contribution in [1.82, 2.24) is 0 Å². The van der Waals surface area contributed by atoms with Gasteiger partial charge in [0.1, 0.15) is 9.96 Å². The number of thiol groups is 1. The van der Waals surface area contributed by atoms with Crippen molar-refractivity contribution in [2.24, 2.45) is 0 Å². The van der Waals surface area contributed by atoms with Gasteiger partial charge in [0.05, 0.1) is 11.6 Å². The Morgan fingerprint density at radius 3 is 2.27 bits per heavy atom. The Morgan fingerprint density at radius 2 is 2.00 bits per heavy atom. The van der Waals surface area contributed by atoms with Crippen molar-refractivity contribution in [3.63, 3.8) is 0 Å². The highest BCUT2D eigenvalue weighted by Gasteiger charge is 2.05. The molecule has 0 aliphatic rings. The molecule has 0 heterocycles. The van der Waals surface area contributed by atoms with E-state index in [1.165, 1.54) is 0 Å². The van der Waals surface area contributed by atoms with Crippen LogP contribution in [0.25, 0.3) is 0 Å². The first-order valence-electron chi connectivity index (χ1n) is 2.47. The summed E-state index contributed by atoms with van der Waals surface area (Å²) in [6.45, 7) is 1.85. The van der Waals surface area contributed by atoms with E-state index in [-0.39, 0.29) is 16.1 Å². The quantitative estimate of drug-likeness (QED) is 0.618. The predicted molar refractivity (Wildman–Crippen MR) is 59.7 cm³/mol. The van der Waals surface area contributed by atoms with Crippen LogP contribution in [0.1, 0.15) is 0 Å². The van der Waals surface area contributed by atoms with E-state index >= 15 is 0 Å². The van der Waals surface area contributed by atoms with Crippen molar-refractivity contribution in [2.45, 2.75) is 0 Å². The summed E-state index contributed by atoms with van der Waals surface area (Å²) in [6.07, 6.45) is 0. The Balaban J connectivity index is 3.92. The third-order valence-electron chi connectivity index (χ3n) is 0.636. The smallest absolute Gasteiger partial charge is 0.123 e. The van der Waals surface area contributed by atoms with Crippen LogP contribution in [0, 0.1) is 0 Å². The van der Waals surface area contributed by atoms with Gasteiger partial charge < -0.3 is 4.52 Å². The van der Waals surface area contributed by atoms with E-state index in [4.69, 9.17) is 51.1 Å². The molecule has 0 spiro atoms. The van der Waals surface area contributed by atoms with E-state index in [9.17, 15) is 0 Å². The molecule has 0 rings (SSSR count). The van der Waals surface area contributed by atoms with E-state index < -0.39 is 5.47 Å². The van der Waals surface area contributed by atoms with Crippen molar-refractivity contribution >= 4 is 64.3 Å². The summed E-state index contributed by atoms with van der Waals surface area (Å²) < 4.78 is 5.09. The highest BCUT2D eigenvalue weighted by Crippen LogP contribution is 2.48. The normalized spacial score (nSPS) is 15.7. The van der Waals surface area contributed by atoms with E-state index in [1.54, 1.807) is 6.66 Å². The molecule has 0 aromatic heterocycles. The molecule has 1 atom stereocenters. The number of rotatable bonds is 3. The van der Waals surface area contributed by atoms with Crippen LogP contribution < -0.4 is 0 Å². The summed E-state index contributed by atoms with van der Waals surface area (Å²) in [5.41, 5.74) is -1.97. The lowest BCUT2D eigenvalue weighted by Crippen LogP contribution is -1.88. The molecule has 11 heavy (non-hydrogen) atoms. The molecule has 0 amide bonds. The summed E-state index contributed by atoms with van der Waals surface area (Å²) >= 11 is 25.1. The number of halogens is 3. The third kappa shape index (κ3) is 7.92. The van der Waals surface area contributed by atoms with Crippen LogP contribution in [0.15, 0.2) is 9.52 Å². The lowest BCUT2D eigenvalue weighted by Gasteiger charge is -2.09.